The second-order valence-corrected chi connectivity index (χ2v) is 3.62. The average molecular weight is 211 g/mol. The van der Waals surface area contributed by atoms with E-state index in [-0.39, 0.29) is 17.7 Å². The average Bonchev–Trinajstić information content (AvgIpc) is 2.66. The molecular weight excluding hydrogens is 190 g/mol. The lowest BCUT2D eigenvalue weighted by Crippen LogP contribution is -2.39. The van der Waals surface area contributed by atoms with Crippen molar-refractivity contribution in [3.8, 4) is 0 Å². The molecule has 0 spiro atoms. The highest BCUT2D eigenvalue weighted by Crippen LogP contribution is 2.18. The van der Waals surface area contributed by atoms with Gasteiger partial charge in [-0.05, 0) is 26.7 Å². The molecule has 0 aliphatic carbocycles. The van der Waals surface area contributed by atoms with Crippen LogP contribution >= 0.6 is 0 Å². The highest BCUT2D eigenvalue weighted by molar-refractivity contribution is 5.87. The second kappa shape index (κ2) is 7.21. The molecule has 0 aromatic rings. The molecule has 1 aliphatic rings. The van der Waals surface area contributed by atoms with Gasteiger partial charge in [0, 0.05) is 13.0 Å². The van der Waals surface area contributed by atoms with Crippen LogP contribution in [0.1, 0.15) is 40.0 Å². The predicted molar refractivity (Wildman–Crippen MR) is 61.6 cm³/mol. The summed E-state index contributed by atoms with van der Waals surface area (Å²) in [5, 5.41) is 0. The van der Waals surface area contributed by atoms with E-state index in [2.05, 4.69) is 6.58 Å². The van der Waals surface area contributed by atoms with Crippen molar-refractivity contribution in [2.45, 2.75) is 46.1 Å². The van der Waals surface area contributed by atoms with E-state index in [1.807, 2.05) is 13.8 Å². The number of rotatable bonds is 2. The summed E-state index contributed by atoms with van der Waals surface area (Å²) in [6.45, 7) is 9.40. The lowest BCUT2D eigenvalue weighted by molar-refractivity contribution is -0.136. The first-order valence-corrected chi connectivity index (χ1v) is 5.45. The van der Waals surface area contributed by atoms with Crippen molar-refractivity contribution in [1.82, 2.24) is 4.90 Å². The largest absolute Gasteiger partial charge is 0.333 e. The minimum atomic E-state index is -0.127. The van der Waals surface area contributed by atoms with E-state index in [0.29, 0.717) is 6.42 Å². The zero-order chi connectivity index (χ0) is 11.8. The van der Waals surface area contributed by atoms with Crippen molar-refractivity contribution >= 4 is 11.7 Å². The van der Waals surface area contributed by atoms with Gasteiger partial charge < -0.3 is 4.90 Å². The molecular formula is C12H21NO2. The molecule has 0 aromatic carbocycles. The third-order valence-electron chi connectivity index (χ3n) is 2.34. The summed E-state index contributed by atoms with van der Waals surface area (Å²) in [5.41, 5.74) is 0. The predicted octanol–water partition coefficient (Wildman–Crippen LogP) is 2.17. The fourth-order valence-corrected chi connectivity index (χ4v) is 1.69. The highest BCUT2D eigenvalue weighted by Gasteiger charge is 2.30. The Labute approximate surface area is 92.1 Å². The lowest BCUT2D eigenvalue weighted by atomic mass is 10.1. The van der Waals surface area contributed by atoms with Gasteiger partial charge in [0.05, 0.1) is 6.04 Å². The topological polar surface area (TPSA) is 37.4 Å². The Kier molecular flexibility index (Phi) is 6.67. The van der Waals surface area contributed by atoms with Gasteiger partial charge in [-0.2, -0.15) is 0 Å². The summed E-state index contributed by atoms with van der Waals surface area (Å²) in [6.07, 6.45) is 4.07. The van der Waals surface area contributed by atoms with E-state index in [0.717, 1.165) is 19.4 Å². The van der Waals surface area contributed by atoms with E-state index in [1.54, 1.807) is 17.9 Å². The lowest BCUT2D eigenvalue weighted by Gasteiger charge is -2.21. The van der Waals surface area contributed by atoms with Crippen molar-refractivity contribution in [1.29, 1.82) is 0 Å². The summed E-state index contributed by atoms with van der Waals surface area (Å²) in [6, 6.07) is -0.127. The minimum Gasteiger partial charge on any atom is -0.333 e. The van der Waals surface area contributed by atoms with Crippen molar-refractivity contribution in [2.24, 2.45) is 0 Å². The molecule has 1 unspecified atom stereocenters. The molecule has 1 rings (SSSR count). The Morgan fingerprint density at radius 2 is 2.07 bits per heavy atom. The van der Waals surface area contributed by atoms with E-state index >= 15 is 0 Å². The Hall–Kier alpha value is -1.12. The zero-order valence-electron chi connectivity index (χ0n) is 9.95. The van der Waals surface area contributed by atoms with Gasteiger partial charge in [-0.3, -0.25) is 9.59 Å². The number of carbonyl (C=O) groups is 2. The van der Waals surface area contributed by atoms with Gasteiger partial charge in [-0.15, -0.1) is 6.58 Å². The number of likely N-dealkylation sites (tertiary alicyclic amines) is 1. The van der Waals surface area contributed by atoms with Gasteiger partial charge in [0.2, 0.25) is 5.91 Å². The van der Waals surface area contributed by atoms with Crippen LogP contribution in [0, 0.1) is 0 Å². The van der Waals surface area contributed by atoms with Crippen LogP contribution in [0.4, 0.5) is 0 Å². The molecule has 3 nitrogen and oxygen atoms in total. The van der Waals surface area contributed by atoms with Gasteiger partial charge in [-0.25, -0.2) is 0 Å². The molecule has 86 valence electrons. The van der Waals surface area contributed by atoms with Crippen LogP contribution in [0.2, 0.25) is 0 Å². The number of amides is 1. The van der Waals surface area contributed by atoms with Crippen LogP contribution in [-0.2, 0) is 9.59 Å². The molecule has 0 radical (unpaired) electrons. The van der Waals surface area contributed by atoms with Crippen LogP contribution in [-0.4, -0.2) is 29.2 Å². The Balaban J connectivity index is 0.000000583. The van der Waals surface area contributed by atoms with Crippen molar-refractivity contribution in [3.63, 3.8) is 0 Å². The number of Topliss-reactive ketones (excluding diaryl/α,β-unsaturated/α-hetero) is 1. The Morgan fingerprint density at radius 1 is 1.53 bits per heavy atom. The van der Waals surface area contributed by atoms with Crippen LogP contribution in [0.25, 0.3) is 0 Å². The smallest absolute Gasteiger partial charge is 0.222 e. The normalized spacial score (nSPS) is 19.1. The maximum absolute atomic E-state index is 11.3. The first kappa shape index (κ1) is 13.9. The third-order valence-corrected chi connectivity index (χ3v) is 2.34. The quantitative estimate of drug-likeness (QED) is 0.656. The molecule has 0 saturated carbocycles. The molecule has 1 fully saturated rings. The number of nitrogens with zero attached hydrogens (tertiary/aromatic N) is 1. The van der Waals surface area contributed by atoms with E-state index in [4.69, 9.17) is 0 Å². The maximum atomic E-state index is 11.3. The summed E-state index contributed by atoms with van der Waals surface area (Å²) < 4.78 is 0. The number of allylic oxidation sites excluding steroid dienone is 1. The standard InChI is InChI=1S/C9H15NO2.C3H6/c1-3-9(12)10-6-4-5-8(10)7(2)11;1-3-2/h8H,3-6H2,1-2H3;3H,1H2,2H3. The molecule has 1 aliphatic heterocycles. The molecule has 1 saturated heterocycles. The van der Waals surface area contributed by atoms with Crippen LogP contribution in [0.3, 0.4) is 0 Å². The zero-order valence-corrected chi connectivity index (χ0v) is 9.95. The summed E-state index contributed by atoms with van der Waals surface area (Å²) in [5.74, 6) is 0.224. The van der Waals surface area contributed by atoms with Crippen molar-refractivity contribution in [2.75, 3.05) is 6.54 Å². The van der Waals surface area contributed by atoms with Crippen molar-refractivity contribution in [3.05, 3.63) is 12.7 Å². The molecule has 3 heteroatoms. The van der Waals surface area contributed by atoms with Crippen LogP contribution in [0.5, 0.6) is 0 Å². The first-order chi connectivity index (χ1) is 7.08. The molecule has 1 amide bonds. The van der Waals surface area contributed by atoms with E-state index in [1.165, 1.54) is 0 Å². The second-order valence-electron chi connectivity index (χ2n) is 3.62. The fourth-order valence-electron chi connectivity index (χ4n) is 1.69. The third kappa shape index (κ3) is 4.28. The monoisotopic (exact) mass is 211 g/mol. The molecule has 0 bridgehead atoms. The number of ketones is 1. The minimum absolute atomic E-state index is 0.104. The summed E-state index contributed by atoms with van der Waals surface area (Å²) >= 11 is 0. The Morgan fingerprint density at radius 3 is 2.47 bits per heavy atom. The van der Waals surface area contributed by atoms with Crippen LogP contribution < -0.4 is 0 Å². The molecule has 0 aromatic heterocycles. The van der Waals surface area contributed by atoms with Crippen molar-refractivity contribution < 1.29 is 9.59 Å². The Bertz CT molecular complexity index is 236. The molecule has 0 N–H and O–H groups in total. The molecule has 15 heavy (non-hydrogen) atoms. The van der Waals surface area contributed by atoms with Crippen LogP contribution in [0.15, 0.2) is 12.7 Å². The molecule has 1 heterocycles. The van der Waals surface area contributed by atoms with Gasteiger partial charge >= 0.3 is 0 Å². The number of hydrogen-bond acceptors (Lipinski definition) is 2. The van der Waals surface area contributed by atoms with E-state index in [9.17, 15) is 9.59 Å². The fraction of sp³-hybridized carbons (Fsp3) is 0.667. The summed E-state index contributed by atoms with van der Waals surface area (Å²) in [4.78, 5) is 24.1. The molecule has 1 atom stereocenters. The first-order valence-electron chi connectivity index (χ1n) is 5.45. The van der Waals surface area contributed by atoms with Gasteiger partial charge in [0.25, 0.3) is 0 Å². The van der Waals surface area contributed by atoms with Gasteiger partial charge in [0.15, 0.2) is 5.78 Å². The highest BCUT2D eigenvalue weighted by atomic mass is 16.2. The number of hydrogen-bond donors (Lipinski definition) is 0. The SMILES string of the molecule is C=CC.CCC(=O)N1CCCC1C(C)=O. The number of carbonyl (C=O) groups excluding carboxylic acids is 2. The van der Waals surface area contributed by atoms with Gasteiger partial charge in [0.1, 0.15) is 0 Å². The van der Waals surface area contributed by atoms with Gasteiger partial charge in [-0.1, -0.05) is 13.0 Å². The summed E-state index contributed by atoms with van der Waals surface area (Å²) in [7, 11) is 0. The van der Waals surface area contributed by atoms with E-state index < -0.39 is 0 Å². The maximum Gasteiger partial charge on any atom is 0.222 e.